The van der Waals surface area contributed by atoms with Crippen LogP contribution in [0.2, 0.25) is 0 Å². The molecule has 0 amide bonds. The second-order valence-electron chi connectivity index (χ2n) is 7.03. The topological polar surface area (TPSA) is 56.9 Å². The van der Waals surface area contributed by atoms with E-state index in [2.05, 4.69) is 25.8 Å². The Kier molecular flexibility index (Phi) is 5.41. The van der Waals surface area contributed by atoms with E-state index in [1.807, 2.05) is 37.4 Å². The minimum atomic E-state index is -0.250. The number of hydrogen-bond acceptors (Lipinski definition) is 4. The highest BCUT2D eigenvalue weighted by atomic mass is 19.1. The molecule has 3 heterocycles. The van der Waals surface area contributed by atoms with Crippen LogP contribution in [0.5, 0.6) is 0 Å². The number of rotatable bonds is 4. The molecule has 5 nitrogen and oxygen atoms in total. The Balaban J connectivity index is 1.65. The molecule has 0 atom stereocenters. The van der Waals surface area contributed by atoms with Gasteiger partial charge in [-0.05, 0) is 42.0 Å². The molecule has 6 heteroatoms. The fraction of sp³-hybridized carbons (Fsp3) is 0.217. The summed E-state index contributed by atoms with van der Waals surface area (Å²) in [6.45, 7) is 3.60. The molecule has 146 valence electrons. The van der Waals surface area contributed by atoms with Gasteiger partial charge >= 0.3 is 0 Å². The number of aromatic nitrogens is 2. The molecule has 0 spiro atoms. The summed E-state index contributed by atoms with van der Waals surface area (Å²) >= 11 is 0. The van der Waals surface area contributed by atoms with Crippen molar-refractivity contribution in [3.05, 3.63) is 71.3 Å². The maximum atomic E-state index is 13.1. The Morgan fingerprint density at radius 1 is 1.10 bits per heavy atom. The number of nitrogens with zero attached hydrogens (tertiary/aromatic N) is 4. The first-order valence-corrected chi connectivity index (χ1v) is 9.61. The van der Waals surface area contributed by atoms with Gasteiger partial charge in [-0.3, -0.25) is 4.98 Å². The number of anilines is 1. The molecule has 3 aromatic rings. The Hall–Kier alpha value is -3.43. The molecule has 1 fully saturated rings. The summed E-state index contributed by atoms with van der Waals surface area (Å²) in [5.74, 6) is 0.712. The summed E-state index contributed by atoms with van der Waals surface area (Å²) < 4.78 is 15.1. The number of halogens is 1. The van der Waals surface area contributed by atoms with Crippen molar-refractivity contribution >= 4 is 18.0 Å². The molecule has 0 aliphatic carbocycles. The fourth-order valence-electron chi connectivity index (χ4n) is 3.67. The van der Waals surface area contributed by atoms with Gasteiger partial charge in [-0.2, -0.15) is 5.26 Å². The molecular weight excluding hydrogens is 365 g/mol. The van der Waals surface area contributed by atoms with Crippen LogP contribution in [0.25, 0.3) is 23.4 Å². The highest BCUT2D eigenvalue weighted by molar-refractivity contribution is 5.74. The number of piperazine rings is 1. The number of pyridine rings is 1. The van der Waals surface area contributed by atoms with Crippen molar-refractivity contribution in [2.24, 2.45) is 7.05 Å². The maximum Gasteiger partial charge on any atom is 0.127 e. The van der Waals surface area contributed by atoms with Gasteiger partial charge in [-0.15, -0.1) is 0 Å². The summed E-state index contributed by atoms with van der Waals surface area (Å²) in [7, 11) is 2.00. The largest absolute Gasteiger partial charge is 0.354 e. The van der Waals surface area contributed by atoms with E-state index in [1.165, 1.54) is 12.1 Å². The van der Waals surface area contributed by atoms with Crippen LogP contribution in [0.3, 0.4) is 0 Å². The van der Waals surface area contributed by atoms with E-state index in [-0.39, 0.29) is 5.82 Å². The van der Waals surface area contributed by atoms with Gasteiger partial charge in [0.2, 0.25) is 0 Å². The predicted molar refractivity (Wildman–Crippen MR) is 114 cm³/mol. The van der Waals surface area contributed by atoms with Gasteiger partial charge < -0.3 is 14.8 Å². The average molecular weight is 387 g/mol. The van der Waals surface area contributed by atoms with E-state index in [4.69, 9.17) is 0 Å². The molecular formula is C23H22FN5. The summed E-state index contributed by atoms with van der Waals surface area (Å²) in [5.41, 5.74) is 4.37. The van der Waals surface area contributed by atoms with Gasteiger partial charge in [0.1, 0.15) is 17.7 Å². The second kappa shape index (κ2) is 8.29. The standard InChI is InChI=1S/C23H22FN5/c1-28-22(15-19(16-25)23(28)29-12-10-26-11-13-29)18-8-9-27-21(14-18)7-4-17-2-5-20(24)6-3-17/h2-9,14-15,26H,10-13H2,1H3. The van der Waals surface area contributed by atoms with Crippen molar-refractivity contribution in [1.29, 1.82) is 5.26 Å². The van der Waals surface area contributed by atoms with Crippen LogP contribution in [0.1, 0.15) is 16.8 Å². The normalized spacial score (nSPS) is 14.3. The Morgan fingerprint density at radius 3 is 2.59 bits per heavy atom. The third-order valence-electron chi connectivity index (χ3n) is 5.13. The maximum absolute atomic E-state index is 13.1. The zero-order valence-electron chi connectivity index (χ0n) is 16.3. The first-order valence-electron chi connectivity index (χ1n) is 9.61. The Bertz CT molecular complexity index is 1070. The van der Waals surface area contributed by atoms with E-state index in [0.717, 1.165) is 54.5 Å². The van der Waals surface area contributed by atoms with Crippen molar-refractivity contribution in [2.75, 3.05) is 31.1 Å². The quantitative estimate of drug-likeness (QED) is 0.742. The van der Waals surface area contributed by atoms with Crippen LogP contribution in [-0.4, -0.2) is 35.7 Å². The van der Waals surface area contributed by atoms with E-state index in [1.54, 1.807) is 18.3 Å². The van der Waals surface area contributed by atoms with Crippen molar-refractivity contribution < 1.29 is 4.39 Å². The summed E-state index contributed by atoms with van der Waals surface area (Å²) in [5, 5.41) is 13.0. The van der Waals surface area contributed by atoms with Crippen LogP contribution < -0.4 is 10.2 Å². The molecule has 1 aliphatic rings. The molecule has 0 unspecified atom stereocenters. The van der Waals surface area contributed by atoms with Gasteiger partial charge in [-0.25, -0.2) is 4.39 Å². The predicted octanol–water partition coefficient (Wildman–Crippen LogP) is 3.68. The Labute approximate surface area is 169 Å². The van der Waals surface area contributed by atoms with Gasteiger partial charge in [0.05, 0.1) is 17.0 Å². The molecule has 1 saturated heterocycles. The third kappa shape index (κ3) is 4.05. The van der Waals surface area contributed by atoms with Crippen LogP contribution >= 0.6 is 0 Å². The smallest absolute Gasteiger partial charge is 0.127 e. The number of hydrogen-bond donors (Lipinski definition) is 1. The zero-order valence-corrected chi connectivity index (χ0v) is 16.3. The molecule has 0 saturated carbocycles. The molecule has 29 heavy (non-hydrogen) atoms. The second-order valence-corrected chi connectivity index (χ2v) is 7.03. The molecule has 0 bridgehead atoms. The van der Waals surface area contributed by atoms with Crippen LogP contribution in [0.15, 0.2) is 48.7 Å². The lowest BCUT2D eigenvalue weighted by Gasteiger charge is -2.30. The number of benzene rings is 1. The lowest BCUT2D eigenvalue weighted by Crippen LogP contribution is -2.44. The monoisotopic (exact) mass is 387 g/mol. The third-order valence-corrected chi connectivity index (χ3v) is 5.13. The first-order chi connectivity index (χ1) is 14.2. The van der Waals surface area contributed by atoms with Gasteiger partial charge in [-0.1, -0.05) is 18.2 Å². The van der Waals surface area contributed by atoms with Crippen molar-refractivity contribution in [1.82, 2.24) is 14.9 Å². The number of nitriles is 1. The summed E-state index contributed by atoms with van der Waals surface area (Å²) in [4.78, 5) is 6.67. The van der Waals surface area contributed by atoms with Gasteiger partial charge in [0.15, 0.2) is 0 Å². The zero-order chi connectivity index (χ0) is 20.2. The minimum absolute atomic E-state index is 0.250. The highest BCUT2D eigenvalue weighted by Crippen LogP contribution is 2.31. The minimum Gasteiger partial charge on any atom is -0.354 e. The van der Waals surface area contributed by atoms with Crippen molar-refractivity contribution in [3.8, 4) is 17.3 Å². The van der Waals surface area contributed by atoms with E-state index in [0.29, 0.717) is 5.56 Å². The van der Waals surface area contributed by atoms with E-state index >= 15 is 0 Å². The first kappa shape index (κ1) is 18.9. The van der Waals surface area contributed by atoms with Crippen LogP contribution in [0, 0.1) is 17.1 Å². The molecule has 1 aliphatic heterocycles. The SMILES string of the molecule is Cn1c(-c2ccnc(C=Cc3ccc(F)cc3)c2)cc(C#N)c1N1CCNCC1. The molecule has 1 aromatic carbocycles. The lowest BCUT2D eigenvalue weighted by molar-refractivity contribution is 0.579. The molecule has 4 rings (SSSR count). The highest BCUT2D eigenvalue weighted by Gasteiger charge is 2.21. The van der Waals surface area contributed by atoms with Gasteiger partial charge in [0.25, 0.3) is 0 Å². The lowest BCUT2D eigenvalue weighted by atomic mass is 10.1. The number of nitrogens with one attached hydrogen (secondary N) is 1. The van der Waals surface area contributed by atoms with E-state index in [9.17, 15) is 9.65 Å². The summed E-state index contributed by atoms with van der Waals surface area (Å²) in [6, 6.07) is 14.6. The van der Waals surface area contributed by atoms with Crippen LogP contribution in [-0.2, 0) is 7.05 Å². The van der Waals surface area contributed by atoms with Crippen molar-refractivity contribution in [2.45, 2.75) is 0 Å². The molecule has 2 aromatic heterocycles. The Morgan fingerprint density at radius 2 is 1.86 bits per heavy atom. The molecule has 0 radical (unpaired) electrons. The van der Waals surface area contributed by atoms with Crippen LogP contribution in [0.4, 0.5) is 10.2 Å². The van der Waals surface area contributed by atoms with Gasteiger partial charge in [0, 0.05) is 45.0 Å². The fourth-order valence-corrected chi connectivity index (χ4v) is 3.67. The van der Waals surface area contributed by atoms with E-state index < -0.39 is 0 Å². The van der Waals surface area contributed by atoms with Crippen molar-refractivity contribution in [3.63, 3.8) is 0 Å². The molecule has 1 N–H and O–H groups in total. The average Bonchev–Trinajstić information content (AvgIpc) is 3.10. The summed E-state index contributed by atoms with van der Waals surface area (Å²) in [6.07, 6.45) is 5.58.